The molecule has 0 unspecified atom stereocenters. The Balaban J connectivity index is 1.52. The van der Waals surface area contributed by atoms with Gasteiger partial charge in [-0.1, -0.05) is 25.7 Å². The first kappa shape index (κ1) is 25.7. The van der Waals surface area contributed by atoms with E-state index in [-0.39, 0.29) is 23.6 Å². The molecular formula is C25H23F9O. The van der Waals surface area contributed by atoms with Crippen molar-refractivity contribution in [1.82, 2.24) is 0 Å². The van der Waals surface area contributed by atoms with Crippen LogP contribution in [-0.4, -0.2) is 0 Å². The molecule has 2 aromatic rings. The van der Waals surface area contributed by atoms with Crippen molar-refractivity contribution >= 4 is 0 Å². The number of hydrogen-bond acceptors (Lipinski definition) is 1. The van der Waals surface area contributed by atoms with Crippen molar-refractivity contribution in [3.8, 4) is 5.75 Å². The molecule has 35 heavy (non-hydrogen) atoms. The van der Waals surface area contributed by atoms with Crippen LogP contribution in [0.1, 0.15) is 74.0 Å². The van der Waals surface area contributed by atoms with Gasteiger partial charge in [-0.25, -0.2) is 17.6 Å². The maximum Gasteiger partial charge on any atom is 0.432 e. The molecular weight excluding hydrogens is 487 g/mol. The fourth-order valence-electron chi connectivity index (χ4n) is 5.54. The van der Waals surface area contributed by atoms with Gasteiger partial charge in [0.25, 0.3) is 0 Å². The van der Waals surface area contributed by atoms with Crippen LogP contribution in [0.2, 0.25) is 0 Å². The molecule has 1 nitrogen and oxygen atoms in total. The number of alkyl halides is 5. The lowest BCUT2D eigenvalue weighted by Crippen LogP contribution is -2.26. The van der Waals surface area contributed by atoms with Crippen molar-refractivity contribution in [1.29, 1.82) is 0 Å². The summed E-state index contributed by atoms with van der Waals surface area (Å²) in [7, 11) is 0. The van der Waals surface area contributed by atoms with Crippen molar-refractivity contribution in [3.63, 3.8) is 0 Å². The van der Waals surface area contributed by atoms with E-state index in [2.05, 4.69) is 4.74 Å². The third kappa shape index (κ3) is 5.40. The zero-order valence-corrected chi connectivity index (χ0v) is 18.5. The van der Waals surface area contributed by atoms with Crippen LogP contribution in [-0.2, 0) is 12.3 Å². The van der Waals surface area contributed by atoms with Gasteiger partial charge in [0.15, 0.2) is 0 Å². The summed E-state index contributed by atoms with van der Waals surface area (Å²) >= 11 is 0. The highest BCUT2D eigenvalue weighted by Crippen LogP contribution is 2.45. The van der Waals surface area contributed by atoms with Crippen LogP contribution >= 0.6 is 0 Å². The molecule has 2 saturated carbocycles. The highest BCUT2D eigenvalue weighted by Gasteiger charge is 2.43. The fraction of sp³-hybridized carbons (Fsp3) is 0.520. The Morgan fingerprint density at radius 1 is 0.600 bits per heavy atom. The van der Waals surface area contributed by atoms with E-state index in [0.717, 1.165) is 25.0 Å². The van der Waals surface area contributed by atoms with Crippen LogP contribution in [0.4, 0.5) is 39.5 Å². The minimum Gasteiger partial charge on any atom is -0.429 e. The summed E-state index contributed by atoms with van der Waals surface area (Å²) in [6.07, 6.45) is -2.22. The van der Waals surface area contributed by atoms with Crippen LogP contribution in [0.5, 0.6) is 5.75 Å². The second kappa shape index (κ2) is 9.58. The molecule has 0 N–H and O–H groups in total. The Labute approximate surface area is 196 Å². The predicted molar refractivity (Wildman–Crippen MR) is 109 cm³/mol. The Morgan fingerprint density at radius 3 is 1.54 bits per heavy atom. The molecule has 2 aliphatic rings. The Morgan fingerprint density at radius 2 is 1.06 bits per heavy atom. The van der Waals surface area contributed by atoms with Crippen LogP contribution in [0.15, 0.2) is 24.3 Å². The normalized spacial score (nSPS) is 22.0. The lowest BCUT2D eigenvalue weighted by molar-refractivity contribution is -0.189. The van der Waals surface area contributed by atoms with Crippen molar-refractivity contribution in [2.24, 2.45) is 11.8 Å². The van der Waals surface area contributed by atoms with Gasteiger partial charge in [-0.3, -0.25) is 0 Å². The quantitative estimate of drug-likeness (QED) is 0.365. The van der Waals surface area contributed by atoms with E-state index in [9.17, 15) is 39.5 Å². The summed E-state index contributed by atoms with van der Waals surface area (Å²) < 4.78 is 128. The molecule has 10 heteroatoms. The summed E-state index contributed by atoms with van der Waals surface area (Å²) in [5.74, 6) is -7.95. The third-order valence-corrected chi connectivity index (χ3v) is 7.21. The van der Waals surface area contributed by atoms with Gasteiger partial charge in [0, 0.05) is 12.1 Å². The highest BCUT2D eigenvalue weighted by atomic mass is 19.4. The first-order chi connectivity index (χ1) is 16.4. The summed E-state index contributed by atoms with van der Waals surface area (Å²) in [5, 5.41) is 0. The number of benzene rings is 2. The molecule has 192 valence electrons. The zero-order chi connectivity index (χ0) is 25.5. The Bertz CT molecular complexity index is 1020. The molecule has 0 heterocycles. The lowest BCUT2D eigenvalue weighted by Gasteiger charge is -2.32. The molecule has 0 bridgehead atoms. The van der Waals surface area contributed by atoms with E-state index < -0.39 is 52.4 Å². The van der Waals surface area contributed by atoms with Gasteiger partial charge in [0.1, 0.15) is 40.1 Å². The van der Waals surface area contributed by atoms with Gasteiger partial charge in [0.05, 0.1) is 0 Å². The van der Waals surface area contributed by atoms with Crippen molar-refractivity contribution in [2.75, 3.05) is 0 Å². The second-order valence-electron chi connectivity index (χ2n) is 9.39. The van der Waals surface area contributed by atoms with Crippen molar-refractivity contribution < 1.29 is 44.3 Å². The van der Waals surface area contributed by atoms with Crippen LogP contribution in [0.25, 0.3) is 0 Å². The SMILES string of the molecule is Fc1cc(OC(F)(F)c2c(F)cc(C3CCC(C4CCCC4)CC3)cc2F)cc(F)c1C(F)(F)F. The van der Waals surface area contributed by atoms with Crippen LogP contribution < -0.4 is 4.74 Å². The smallest absolute Gasteiger partial charge is 0.429 e. The van der Waals surface area contributed by atoms with Gasteiger partial charge < -0.3 is 4.74 Å². The van der Waals surface area contributed by atoms with Gasteiger partial charge >= 0.3 is 12.3 Å². The number of hydrogen-bond donors (Lipinski definition) is 0. The molecule has 2 aliphatic carbocycles. The first-order valence-electron chi connectivity index (χ1n) is 11.5. The molecule has 0 amide bonds. The van der Waals surface area contributed by atoms with Crippen LogP contribution in [0.3, 0.4) is 0 Å². The molecule has 2 fully saturated rings. The van der Waals surface area contributed by atoms with Crippen LogP contribution in [0, 0.1) is 35.1 Å². The van der Waals surface area contributed by atoms with Gasteiger partial charge in [0.2, 0.25) is 0 Å². The zero-order valence-electron chi connectivity index (χ0n) is 18.5. The maximum atomic E-state index is 14.7. The second-order valence-corrected chi connectivity index (χ2v) is 9.39. The standard InChI is InChI=1S/C25H23F9O/c26-18-9-16(15-7-5-14(6-8-15)13-3-1-2-4-13)10-19(27)23(18)25(33,34)35-17-11-20(28)22(21(29)12-17)24(30,31)32/h9-15H,1-8H2. The van der Waals surface area contributed by atoms with Crippen molar-refractivity contribution in [3.05, 3.63) is 64.2 Å². The number of ether oxygens (including phenoxy) is 1. The molecule has 0 spiro atoms. The topological polar surface area (TPSA) is 9.23 Å². The summed E-state index contributed by atoms with van der Waals surface area (Å²) in [6.45, 7) is 0. The Kier molecular flexibility index (Phi) is 7.03. The summed E-state index contributed by atoms with van der Waals surface area (Å²) in [4.78, 5) is 0. The Hall–Kier alpha value is -2.39. The van der Waals surface area contributed by atoms with E-state index in [1.807, 2.05) is 0 Å². The van der Waals surface area contributed by atoms with Gasteiger partial charge in [-0.05, 0) is 61.1 Å². The lowest BCUT2D eigenvalue weighted by atomic mass is 9.73. The monoisotopic (exact) mass is 510 g/mol. The van der Waals surface area contributed by atoms with E-state index >= 15 is 0 Å². The molecule has 0 saturated heterocycles. The molecule has 0 aromatic heterocycles. The van der Waals surface area contributed by atoms with E-state index in [4.69, 9.17) is 0 Å². The number of halogens is 9. The molecule has 2 aromatic carbocycles. The van der Waals surface area contributed by atoms with E-state index in [0.29, 0.717) is 24.7 Å². The maximum absolute atomic E-state index is 14.7. The summed E-state index contributed by atoms with van der Waals surface area (Å²) in [5.41, 5.74) is -3.85. The summed E-state index contributed by atoms with van der Waals surface area (Å²) in [6, 6.07) is 1.36. The van der Waals surface area contributed by atoms with Crippen molar-refractivity contribution in [2.45, 2.75) is 69.6 Å². The molecule has 0 radical (unpaired) electrons. The molecule has 4 rings (SSSR count). The average Bonchev–Trinajstić information content (AvgIpc) is 3.26. The van der Waals surface area contributed by atoms with Gasteiger partial charge in [-0.15, -0.1) is 0 Å². The number of rotatable bonds is 5. The highest BCUT2D eigenvalue weighted by molar-refractivity contribution is 5.35. The predicted octanol–water partition coefficient (Wildman–Crippen LogP) is 8.85. The first-order valence-corrected chi connectivity index (χ1v) is 11.5. The fourth-order valence-corrected chi connectivity index (χ4v) is 5.54. The van der Waals surface area contributed by atoms with Gasteiger partial charge in [-0.2, -0.15) is 22.0 Å². The van der Waals surface area contributed by atoms with E-state index in [1.165, 1.54) is 25.7 Å². The third-order valence-electron chi connectivity index (χ3n) is 7.21. The molecule has 0 aliphatic heterocycles. The van der Waals surface area contributed by atoms with E-state index in [1.54, 1.807) is 0 Å². The largest absolute Gasteiger partial charge is 0.432 e. The minimum absolute atomic E-state index is 0.118. The average molecular weight is 510 g/mol. The minimum atomic E-state index is -5.42. The molecule has 0 atom stereocenters.